The molecule has 1 fully saturated rings. The van der Waals surface area contributed by atoms with E-state index in [1.165, 1.54) is 5.56 Å². The highest BCUT2D eigenvalue weighted by atomic mass is 32.2. The molecule has 29 heavy (non-hydrogen) atoms. The summed E-state index contributed by atoms with van der Waals surface area (Å²) in [7, 11) is -1.93. The summed E-state index contributed by atoms with van der Waals surface area (Å²) in [6, 6.07) is 13.3. The number of hydrogen-bond acceptors (Lipinski definition) is 5. The minimum absolute atomic E-state index is 0.0611. The lowest BCUT2D eigenvalue weighted by molar-refractivity contribution is 0.0172. The number of fused-ring (bicyclic) bond motifs is 1. The molecule has 0 bridgehead atoms. The molecule has 156 valence electrons. The van der Waals surface area contributed by atoms with Gasteiger partial charge in [0.2, 0.25) is 10.0 Å². The van der Waals surface area contributed by atoms with Gasteiger partial charge in [-0.05, 0) is 60.2 Å². The van der Waals surface area contributed by atoms with Gasteiger partial charge in [0.25, 0.3) is 0 Å². The molecule has 2 aromatic carbocycles. The largest absolute Gasteiger partial charge is 0.497 e. The maximum atomic E-state index is 13.0. The molecule has 4 rings (SSSR count). The zero-order chi connectivity index (χ0) is 20.3. The Hall–Kier alpha value is -1.93. The number of methoxy groups -OCH3 is 1. The monoisotopic (exact) mass is 416 g/mol. The molecule has 2 aromatic rings. The van der Waals surface area contributed by atoms with E-state index in [0.717, 1.165) is 49.2 Å². The molecule has 0 spiro atoms. The summed E-state index contributed by atoms with van der Waals surface area (Å²) in [6.07, 6.45) is 3.10. The Morgan fingerprint density at radius 3 is 2.52 bits per heavy atom. The van der Waals surface area contributed by atoms with Crippen LogP contribution in [0.25, 0.3) is 0 Å². The molecule has 1 heterocycles. The number of aryl methyl sites for hydroxylation is 2. The Morgan fingerprint density at radius 2 is 1.79 bits per heavy atom. The molecule has 6 nitrogen and oxygen atoms in total. The summed E-state index contributed by atoms with van der Waals surface area (Å²) in [5.41, 5.74) is 3.49. The van der Waals surface area contributed by atoms with Crippen LogP contribution in [-0.4, -0.2) is 53.3 Å². The van der Waals surface area contributed by atoms with E-state index in [1.807, 2.05) is 36.4 Å². The number of morpholine rings is 1. The maximum absolute atomic E-state index is 13.0. The first-order chi connectivity index (χ1) is 14.1. The number of nitrogens with zero attached hydrogens (tertiary/aromatic N) is 1. The molecule has 1 aliphatic heterocycles. The van der Waals surface area contributed by atoms with Crippen molar-refractivity contribution in [2.75, 3.05) is 40.0 Å². The molecule has 2 aliphatic rings. The van der Waals surface area contributed by atoms with E-state index >= 15 is 0 Å². The molecule has 0 saturated carbocycles. The second-order valence-corrected chi connectivity index (χ2v) is 9.34. The van der Waals surface area contributed by atoms with Crippen LogP contribution in [0, 0.1) is 0 Å². The van der Waals surface area contributed by atoms with Crippen LogP contribution in [-0.2, 0) is 27.6 Å². The first-order valence-electron chi connectivity index (χ1n) is 10.1. The van der Waals surface area contributed by atoms with Gasteiger partial charge in [-0.3, -0.25) is 4.90 Å². The lowest BCUT2D eigenvalue weighted by Gasteiger charge is -2.35. The first-order valence-corrected chi connectivity index (χ1v) is 11.6. The number of sulfonamides is 1. The average Bonchev–Trinajstić information content (AvgIpc) is 3.23. The number of hydrogen-bond donors (Lipinski definition) is 1. The zero-order valence-electron chi connectivity index (χ0n) is 16.8. The van der Waals surface area contributed by atoms with Crippen LogP contribution in [0.1, 0.15) is 29.2 Å². The molecule has 1 atom stereocenters. The smallest absolute Gasteiger partial charge is 0.240 e. The molecule has 0 amide bonds. The highest BCUT2D eigenvalue weighted by molar-refractivity contribution is 7.89. The molecular formula is C22H28N2O4S. The topological polar surface area (TPSA) is 67.9 Å². The number of benzene rings is 2. The van der Waals surface area contributed by atoms with Crippen LogP contribution < -0.4 is 9.46 Å². The van der Waals surface area contributed by atoms with E-state index in [4.69, 9.17) is 9.47 Å². The van der Waals surface area contributed by atoms with Crippen molar-refractivity contribution in [2.24, 2.45) is 0 Å². The molecule has 7 heteroatoms. The fraction of sp³-hybridized carbons (Fsp3) is 0.455. The second-order valence-electron chi connectivity index (χ2n) is 7.57. The Bertz CT molecular complexity index is 938. The maximum Gasteiger partial charge on any atom is 0.240 e. The summed E-state index contributed by atoms with van der Waals surface area (Å²) in [5, 5.41) is 0. The van der Waals surface area contributed by atoms with Crippen molar-refractivity contribution in [1.82, 2.24) is 9.62 Å². The number of rotatable bonds is 7. The van der Waals surface area contributed by atoms with Gasteiger partial charge < -0.3 is 9.47 Å². The summed E-state index contributed by atoms with van der Waals surface area (Å²) < 4.78 is 39.5. The molecule has 0 aromatic heterocycles. The molecular weight excluding hydrogens is 388 g/mol. The summed E-state index contributed by atoms with van der Waals surface area (Å²) in [4.78, 5) is 2.63. The number of nitrogens with one attached hydrogen (secondary N) is 1. The molecule has 1 saturated heterocycles. The van der Waals surface area contributed by atoms with Crippen molar-refractivity contribution < 1.29 is 17.9 Å². The Labute approximate surface area is 172 Å². The van der Waals surface area contributed by atoms with Crippen molar-refractivity contribution in [1.29, 1.82) is 0 Å². The normalized spacial score (nSPS) is 18.4. The van der Waals surface area contributed by atoms with Gasteiger partial charge in [0.15, 0.2) is 0 Å². The average molecular weight is 417 g/mol. The van der Waals surface area contributed by atoms with Crippen molar-refractivity contribution in [3.8, 4) is 5.75 Å². The van der Waals surface area contributed by atoms with Crippen LogP contribution in [0.2, 0.25) is 0 Å². The Morgan fingerprint density at radius 1 is 1.07 bits per heavy atom. The van der Waals surface area contributed by atoms with Crippen molar-refractivity contribution >= 4 is 10.0 Å². The van der Waals surface area contributed by atoms with Crippen LogP contribution in [0.3, 0.4) is 0 Å². The van der Waals surface area contributed by atoms with E-state index in [9.17, 15) is 8.42 Å². The summed E-state index contributed by atoms with van der Waals surface area (Å²) in [5.74, 6) is 0.785. The number of ether oxygens (including phenoxy) is 2. The minimum atomic E-state index is -3.57. The SMILES string of the molecule is COc1ccc(C(CNS(=O)(=O)c2ccc3c(c2)CCC3)N2CCOCC2)cc1. The molecule has 1 aliphatic carbocycles. The van der Waals surface area contributed by atoms with Gasteiger partial charge in [-0.15, -0.1) is 0 Å². The third-order valence-electron chi connectivity index (χ3n) is 5.83. The fourth-order valence-electron chi connectivity index (χ4n) is 4.16. The van der Waals surface area contributed by atoms with Crippen LogP contribution in [0.4, 0.5) is 0 Å². The molecule has 1 unspecified atom stereocenters. The van der Waals surface area contributed by atoms with E-state index in [-0.39, 0.29) is 6.04 Å². The minimum Gasteiger partial charge on any atom is -0.497 e. The fourth-order valence-corrected chi connectivity index (χ4v) is 5.25. The standard InChI is InChI=1S/C22H28N2O4S/c1-27-20-8-5-18(6-9-20)22(24-11-13-28-14-12-24)16-23-29(25,26)21-10-7-17-3-2-4-19(17)15-21/h5-10,15,22-23H,2-4,11-14,16H2,1H3. The lowest BCUT2D eigenvalue weighted by atomic mass is 10.0. The highest BCUT2D eigenvalue weighted by Gasteiger charge is 2.26. The van der Waals surface area contributed by atoms with Crippen molar-refractivity contribution in [3.05, 3.63) is 59.2 Å². The van der Waals surface area contributed by atoms with Gasteiger partial charge in [-0.25, -0.2) is 13.1 Å². The summed E-state index contributed by atoms with van der Waals surface area (Å²) in [6.45, 7) is 3.18. The molecule has 1 N–H and O–H groups in total. The van der Waals surface area contributed by atoms with Gasteiger partial charge >= 0.3 is 0 Å². The van der Waals surface area contributed by atoms with Gasteiger partial charge in [0.1, 0.15) is 5.75 Å². The van der Waals surface area contributed by atoms with E-state index in [1.54, 1.807) is 13.2 Å². The summed E-state index contributed by atoms with van der Waals surface area (Å²) >= 11 is 0. The predicted molar refractivity (Wildman–Crippen MR) is 112 cm³/mol. The Kier molecular flexibility index (Phi) is 6.20. The third kappa shape index (κ3) is 4.64. The van der Waals surface area contributed by atoms with E-state index in [0.29, 0.717) is 24.7 Å². The zero-order valence-corrected chi connectivity index (χ0v) is 17.6. The predicted octanol–water partition coefficient (Wildman–Crippen LogP) is 2.54. The van der Waals surface area contributed by atoms with Crippen LogP contribution in [0.15, 0.2) is 47.4 Å². The van der Waals surface area contributed by atoms with E-state index < -0.39 is 10.0 Å². The van der Waals surface area contributed by atoms with Gasteiger partial charge in [-0.2, -0.15) is 0 Å². The van der Waals surface area contributed by atoms with Crippen molar-refractivity contribution in [3.63, 3.8) is 0 Å². The van der Waals surface area contributed by atoms with Crippen LogP contribution in [0.5, 0.6) is 5.75 Å². The third-order valence-corrected chi connectivity index (χ3v) is 7.26. The quantitative estimate of drug-likeness (QED) is 0.751. The Balaban J connectivity index is 1.53. The first kappa shape index (κ1) is 20.3. The van der Waals surface area contributed by atoms with Crippen LogP contribution >= 0.6 is 0 Å². The lowest BCUT2D eigenvalue weighted by Crippen LogP contribution is -2.43. The van der Waals surface area contributed by atoms with Crippen molar-refractivity contribution in [2.45, 2.75) is 30.2 Å². The van der Waals surface area contributed by atoms with Gasteiger partial charge in [-0.1, -0.05) is 18.2 Å². The molecule has 0 radical (unpaired) electrons. The second kappa shape index (κ2) is 8.83. The van der Waals surface area contributed by atoms with E-state index in [2.05, 4.69) is 9.62 Å². The highest BCUT2D eigenvalue weighted by Crippen LogP contribution is 2.26. The van der Waals surface area contributed by atoms with Gasteiger partial charge in [0.05, 0.1) is 25.2 Å². The van der Waals surface area contributed by atoms with Gasteiger partial charge in [0, 0.05) is 25.7 Å².